The molecular formula is C16H18N2OS. The van der Waals surface area contributed by atoms with Crippen molar-refractivity contribution in [3.05, 3.63) is 64.1 Å². The number of hydrogen-bond acceptors (Lipinski definition) is 3. The molecule has 0 spiro atoms. The standard InChI is InChI=1S/C16H18N2OS/c1-2-7-14-12-15(19)18-16(17-14)20-11-6-10-13-8-4-3-5-9-13/h3-6,8-10,12H,2,7,11H2,1H3,(H,17,18,19). The van der Waals surface area contributed by atoms with Gasteiger partial charge in [0.15, 0.2) is 5.16 Å². The molecule has 2 aromatic rings. The van der Waals surface area contributed by atoms with Crippen LogP contribution in [0.25, 0.3) is 6.08 Å². The average Bonchev–Trinajstić information content (AvgIpc) is 2.45. The van der Waals surface area contributed by atoms with Crippen molar-refractivity contribution in [2.75, 3.05) is 5.75 Å². The van der Waals surface area contributed by atoms with Gasteiger partial charge in [0.2, 0.25) is 0 Å². The quantitative estimate of drug-likeness (QED) is 0.652. The van der Waals surface area contributed by atoms with Crippen molar-refractivity contribution in [3.8, 4) is 0 Å². The molecule has 0 radical (unpaired) electrons. The first-order valence-electron chi connectivity index (χ1n) is 6.72. The van der Waals surface area contributed by atoms with Gasteiger partial charge in [0, 0.05) is 17.5 Å². The van der Waals surface area contributed by atoms with Gasteiger partial charge in [-0.3, -0.25) is 4.79 Å². The van der Waals surface area contributed by atoms with Crippen molar-refractivity contribution in [1.29, 1.82) is 0 Å². The van der Waals surface area contributed by atoms with Gasteiger partial charge in [0.1, 0.15) is 0 Å². The van der Waals surface area contributed by atoms with Crippen LogP contribution >= 0.6 is 11.8 Å². The lowest BCUT2D eigenvalue weighted by Gasteiger charge is -2.01. The fourth-order valence-electron chi connectivity index (χ4n) is 1.81. The number of hydrogen-bond donors (Lipinski definition) is 1. The minimum atomic E-state index is -0.0713. The van der Waals surface area contributed by atoms with Gasteiger partial charge in [0.25, 0.3) is 5.56 Å². The van der Waals surface area contributed by atoms with Crippen LogP contribution in [-0.2, 0) is 6.42 Å². The molecule has 2 rings (SSSR count). The summed E-state index contributed by atoms with van der Waals surface area (Å²) in [6, 6.07) is 11.7. The highest BCUT2D eigenvalue weighted by molar-refractivity contribution is 7.99. The Morgan fingerprint density at radius 1 is 1.30 bits per heavy atom. The van der Waals surface area contributed by atoms with Gasteiger partial charge >= 0.3 is 0 Å². The van der Waals surface area contributed by atoms with Crippen LogP contribution in [0, 0.1) is 0 Å². The maximum absolute atomic E-state index is 11.5. The van der Waals surface area contributed by atoms with Crippen LogP contribution in [0.1, 0.15) is 24.6 Å². The molecule has 1 aromatic carbocycles. The molecule has 0 atom stereocenters. The van der Waals surface area contributed by atoms with E-state index in [2.05, 4.69) is 41.2 Å². The van der Waals surface area contributed by atoms with E-state index in [-0.39, 0.29) is 5.56 Å². The van der Waals surface area contributed by atoms with E-state index in [1.807, 2.05) is 18.2 Å². The average molecular weight is 286 g/mol. The second-order valence-electron chi connectivity index (χ2n) is 4.42. The van der Waals surface area contributed by atoms with Gasteiger partial charge in [-0.1, -0.05) is 67.6 Å². The maximum Gasteiger partial charge on any atom is 0.251 e. The molecule has 0 aliphatic carbocycles. The molecular weight excluding hydrogens is 268 g/mol. The highest BCUT2D eigenvalue weighted by atomic mass is 32.2. The SMILES string of the molecule is CCCc1cc(=O)[nH]c(SCC=Cc2ccccc2)n1. The van der Waals surface area contributed by atoms with Crippen molar-refractivity contribution >= 4 is 17.8 Å². The molecule has 0 saturated carbocycles. The first kappa shape index (κ1) is 14.6. The minimum Gasteiger partial charge on any atom is -0.301 e. The van der Waals surface area contributed by atoms with Gasteiger partial charge < -0.3 is 4.98 Å². The Bertz CT molecular complexity index is 620. The molecule has 1 heterocycles. The van der Waals surface area contributed by atoms with Crippen molar-refractivity contribution in [2.24, 2.45) is 0 Å². The van der Waals surface area contributed by atoms with Crippen molar-refractivity contribution in [3.63, 3.8) is 0 Å². The van der Waals surface area contributed by atoms with E-state index in [1.54, 1.807) is 17.8 Å². The topological polar surface area (TPSA) is 45.8 Å². The number of aromatic nitrogens is 2. The maximum atomic E-state index is 11.5. The smallest absolute Gasteiger partial charge is 0.251 e. The Morgan fingerprint density at radius 3 is 2.85 bits per heavy atom. The fraction of sp³-hybridized carbons (Fsp3) is 0.250. The largest absolute Gasteiger partial charge is 0.301 e. The number of benzene rings is 1. The highest BCUT2D eigenvalue weighted by Crippen LogP contribution is 2.13. The van der Waals surface area contributed by atoms with E-state index in [4.69, 9.17) is 0 Å². The fourth-order valence-corrected chi connectivity index (χ4v) is 2.52. The Hall–Kier alpha value is -1.81. The Labute approximate surface area is 123 Å². The predicted octanol–water partition coefficient (Wildman–Crippen LogP) is 3.53. The lowest BCUT2D eigenvalue weighted by molar-refractivity contribution is 0.816. The molecule has 0 saturated heterocycles. The normalized spacial score (nSPS) is 11.1. The zero-order valence-electron chi connectivity index (χ0n) is 11.5. The summed E-state index contributed by atoms with van der Waals surface area (Å²) in [6.07, 6.45) is 5.99. The molecule has 0 bridgehead atoms. The van der Waals surface area contributed by atoms with Crippen LogP contribution < -0.4 is 5.56 Å². The molecule has 0 aliphatic rings. The lowest BCUT2D eigenvalue weighted by Crippen LogP contribution is -2.09. The number of nitrogens with zero attached hydrogens (tertiary/aromatic N) is 1. The van der Waals surface area contributed by atoms with Gasteiger partial charge in [-0.15, -0.1) is 0 Å². The van der Waals surface area contributed by atoms with Crippen molar-refractivity contribution in [1.82, 2.24) is 9.97 Å². The Morgan fingerprint density at radius 2 is 2.10 bits per heavy atom. The molecule has 0 amide bonds. The summed E-state index contributed by atoms with van der Waals surface area (Å²) in [5.74, 6) is 0.785. The zero-order chi connectivity index (χ0) is 14.2. The molecule has 1 aromatic heterocycles. The lowest BCUT2D eigenvalue weighted by atomic mass is 10.2. The molecule has 0 unspecified atom stereocenters. The molecule has 4 heteroatoms. The minimum absolute atomic E-state index is 0.0713. The van der Waals surface area contributed by atoms with E-state index < -0.39 is 0 Å². The van der Waals surface area contributed by atoms with Crippen LogP contribution in [0.5, 0.6) is 0 Å². The van der Waals surface area contributed by atoms with E-state index in [0.29, 0.717) is 5.16 Å². The third kappa shape index (κ3) is 4.70. The van der Waals surface area contributed by atoms with E-state index in [1.165, 1.54) is 5.56 Å². The molecule has 104 valence electrons. The Kier molecular flexibility index (Phi) is 5.62. The summed E-state index contributed by atoms with van der Waals surface area (Å²) in [7, 11) is 0. The van der Waals surface area contributed by atoms with Gasteiger partial charge in [-0.25, -0.2) is 4.98 Å². The summed E-state index contributed by atoms with van der Waals surface area (Å²) < 4.78 is 0. The molecule has 0 aliphatic heterocycles. The highest BCUT2D eigenvalue weighted by Gasteiger charge is 2.00. The number of aromatic amines is 1. The summed E-state index contributed by atoms with van der Waals surface area (Å²) in [5.41, 5.74) is 1.97. The van der Waals surface area contributed by atoms with E-state index >= 15 is 0 Å². The molecule has 0 fully saturated rings. The summed E-state index contributed by atoms with van der Waals surface area (Å²) in [6.45, 7) is 2.08. The van der Waals surface area contributed by atoms with Crippen LogP contribution in [-0.4, -0.2) is 15.7 Å². The summed E-state index contributed by atoms with van der Waals surface area (Å²) in [4.78, 5) is 18.7. The third-order valence-corrected chi connectivity index (χ3v) is 3.53. The number of H-pyrrole nitrogens is 1. The molecule has 1 N–H and O–H groups in total. The number of thioether (sulfide) groups is 1. The van der Waals surface area contributed by atoms with Crippen LogP contribution in [0.2, 0.25) is 0 Å². The first-order chi connectivity index (χ1) is 9.78. The summed E-state index contributed by atoms with van der Waals surface area (Å²) >= 11 is 1.54. The molecule has 3 nitrogen and oxygen atoms in total. The second-order valence-corrected chi connectivity index (χ2v) is 5.42. The molecule has 20 heavy (non-hydrogen) atoms. The Balaban J connectivity index is 1.94. The van der Waals surface area contributed by atoms with Gasteiger partial charge in [-0.05, 0) is 12.0 Å². The van der Waals surface area contributed by atoms with Gasteiger partial charge in [0.05, 0.1) is 0 Å². The van der Waals surface area contributed by atoms with Crippen LogP contribution in [0.4, 0.5) is 0 Å². The number of aryl methyl sites for hydroxylation is 1. The third-order valence-electron chi connectivity index (χ3n) is 2.71. The van der Waals surface area contributed by atoms with Crippen LogP contribution in [0.15, 0.2) is 52.4 Å². The summed E-state index contributed by atoms with van der Waals surface area (Å²) in [5, 5.41) is 0.693. The number of nitrogens with one attached hydrogen (secondary N) is 1. The van der Waals surface area contributed by atoms with Gasteiger partial charge in [-0.2, -0.15) is 0 Å². The monoisotopic (exact) mass is 286 g/mol. The van der Waals surface area contributed by atoms with Crippen molar-refractivity contribution in [2.45, 2.75) is 24.9 Å². The van der Waals surface area contributed by atoms with Crippen LogP contribution in [0.3, 0.4) is 0 Å². The van der Waals surface area contributed by atoms with E-state index in [0.717, 1.165) is 24.3 Å². The van der Waals surface area contributed by atoms with Crippen molar-refractivity contribution < 1.29 is 0 Å². The van der Waals surface area contributed by atoms with E-state index in [9.17, 15) is 4.79 Å². The number of rotatable bonds is 6. The predicted molar refractivity (Wildman–Crippen MR) is 85.1 cm³/mol. The second kappa shape index (κ2) is 7.70. The first-order valence-corrected chi connectivity index (χ1v) is 7.71. The zero-order valence-corrected chi connectivity index (χ0v) is 12.3.